The number of imidazole rings is 1. The van der Waals surface area contributed by atoms with E-state index in [1.165, 1.54) is 5.52 Å². The number of aromatic nitrogens is 2. The zero-order valence-electron chi connectivity index (χ0n) is 10.9. The molecule has 18 heavy (non-hydrogen) atoms. The largest absolute Gasteiger partial charge is 0.331 e. The maximum absolute atomic E-state index is 5.43. The first kappa shape index (κ1) is 13.8. The normalized spacial score (nSPS) is 13.4. The highest BCUT2D eigenvalue weighted by atomic mass is 79.9. The number of aromatic amines is 1. The van der Waals surface area contributed by atoms with Crippen molar-refractivity contribution in [2.45, 2.75) is 19.4 Å². The van der Waals surface area contributed by atoms with Crippen molar-refractivity contribution in [3.8, 4) is 0 Å². The van der Waals surface area contributed by atoms with Gasteiger partial charge in [0.25, 0.3) is 0 Å². The lowest BCUT2D eigenvalue weighted by Gasteiger charge is -2.17. The van der Waals surface area contributed by atoms with E-state index < -0.39 is 0 Å². The summed E-state index contributed by atoms with van der Waals surface area (Å²) in [5.74, 6) is 0. The highest BCUT2D eigenvalue weighted by molar-refractivity contribution is 9.10. The molecular weight excluding hydrogens is 310 g/mol. The molecule has 3 nitrogen and oxygen atoms in total. The summed E-state index contributed by atoms with van der Waals surface area (Å²) in [4.78, 5) is 5.47. The third kappa shape index (κ3) is 2.84. The van der Waals surface area contributed by atoms with E-state index in [9.17, 15) is 0 Å². The molecule has 1 heterocycles. The number of benzene rings is 1. The summed E-state index contributed by atoms with van der Waals surface area (Å²) in [7, 11) is 4.19. The second-order valence-corrected chi connectivity index (χ2v) is 6.20. The van der Waals surface area contributed by atoms with Crippen molar-refractivity contribution in [1.82, 2.24) is 14.5 Å². The van der Waals surface area contributed by atoms with Gasteiger partial charge in [0, 0.05) is 10.5 Å². The number of hydrogen-bond donors (Lipinski definition) is 1. The Morgan fingerprint density at radius 1 is 1.44 bits per heavy atom. The van der Waals surface area contributed by atoms with Crippen LogP contribution >= 0.6 is 28.1 Å². The molecule has 1 atom stereocenters. The van der Waals surface area contributed by atoms with Crippen LogP contribution in [0.15, 0.2) is 22.7 Å². The van der Waals surface area contributed by atoms with Crippen molar-refractivity contribution in [2.75, 3.05) is 20.6 Å². The molecule has 0 aliphatic carbocycles. The average molecular weight is 328 g/mol. The fourth-order valence-corrected chi connectivity index (χ4v) is 2.84. The van der Waals surface area contributed by atoms with E-state index >= 15 is 0 Å². The highest BCUT2D eigenvalue weighted by Crippen LogP contribution is 2.24. The van der Waals surface area contributed by atoms with E-state index in [1.807, 2.05) is 6.07 Å². The van der Waals surface area contributed by atoms with Gasteiger partial charge in [0.05, 0.1) is 11.0 Å². The van der Waals surface area contributed by atoms with Crippen LogP contribution in [0.2, 0.25) is 0 Å². The molecule has 0 radical (unpaired) electrons. The van der Waals surface area contributed by atoms with Gasteiger partial charge in [0.2, 0.25) is 0 Å². The highest BCUT2D eigenvalue weighted by Gasteiger charge is 2.11. The molecule has 1 aromatic carbocycles. The fraction of sp³-hybridized carbons (Fsp3) is 0.462. The van der Waals surface area contributed by atoms with Gasteiger partial charge >= 0.3 is 0 Å². The molecule has 1 N–H and O–H groups in total. The average Bonchev–Trinajstić information content (AvgIpc) is 2.61. The zero-order valence-corrected chi connectivity index (χ0v) is 13.3. The van der Waals surface area contributed by atoms with Gasteiger partial charge in [-0.1, -0.05) is 15.9 Å². The Morgan fingerprint density at radius 2 is 2.17 bits per heavy atom. The minimum Gasteiger partial charge on any atom is -0.331 e. The first-order valence-corrected chi connectivity index (χ1v) is 7.23. The molecule has 0 saturated carbocycles. The molecule has 2 rings (SSSR count). The van der Waals surface area contributed by atoms with Crippen LogP contribution in [0.5, 0.6) is 0 Å². The predicted octanol–water partition coefficient (Wildman–Crippen LogP) is 3.97. The van der Waals surface area contributed by atoms with E-state index in [-0.39, 0.29) is 0 Å². The van der Waals surface area contributed by atoms with Gasteiger partial charge in [0.1, 0.15) is 0 Å². The van der Waals surface area contributed by atoms with Gasteiger partial charge in [-0.2, -0.15) is 0 Å². The summed E-state index contributed by atoms with van der Waals surface area (Å²) >= 11 is 8.95. The molecule has 0 bridgehead atoms. The van der Waals surface area contributed by atoms with Crippen LogP contribution in [-0.4, -0.2) is 35.1 Å². The van der Waals surface area contributed by atoms with Crippen LogP contribution in [0.1, 0.15) is 19.4 Å². The second-order valence-electron chi connectivity index (χ2n) is 4.90. The van der Waals surface area contributed by atoms with Gasteiger partial charge in [0.15, 0.2) is 4.77 Å². The van der Waals surface area contributed by atoms with E-state index in [1.54, 1.807) is 0 Å². The van der Waals surface area contributed by atoms with Crippen LogP contribution in [-0.2, 0) is 0 Å². The van der Waals surface area contributed by atoms with E-state index in [0.717, 1.165) is 27.7 Å². The Labute approximate surface area is 121 Å². The summed E-state index contributed by atoms with van der Waals surface area (Å²) < 4.78 is 4.09. The molecular formula is C13H18BrN3S. The molecule has 5 heteroatoms. The fourth-order valence-electron chi connectivity index (χ4n) is 2.11. The quantitative estimate of drug-likeness (QED) is 0.859. The Morgan fingerprint density at radius 3 is 2.83 bits per heavy atom. The molecule has 98 valence electrons. The maximum atomic E-state index is 5.43. The Kier molecular flexibility index (Phi) is 4.25. The van der Waals surface area contributed by atoms with E-state index in [0.29, 0.717) is 6.04 Å². The van der Waals surface area contributed by atoms with Crippen LogP contribution in [0.3, 0.4) is 0 Å². The molecule has 0 aliphatic rings. The van der Waals surface area contributed by atoms with Crippen LogP contribution in [0.25, 0.3) is 11.0 Å². The summed E-state index contributed by atoms with van der Waals surface area (Å²) in [6, 6.07) is 6.60. The summed E-state index contributed by atoms with van der Waals surface area (Å²) in [6.45, 7) is 3.27. The van der Waals surface area contributed by atoms with Crippen molar-refractivity contribution in [2.24, 2.45) is 0 Å². The number of halogens is 1. The van der Waals surface area contributed by atoms with Crippen molar-refractivity contribution < 1.29 is 0 Å². The Balaban J connectivity index is 2.40. The molecule has 1 unspecified atom stereocenters. The molecule has 0 saturated heterocycles. The second kappa shape index (κ2) is 5.55. The lowest BCUT2D eigenvalue weighted by Crippen LogP contribution is -2.17. The number of nitrogens with zero attached hydrogens (tertiary/aromatic N) is 2. The Hall–Kier alpha value is -0.650. The van der Waals surface area contributed by atoms with Gasteiger partial charge in [-0.25, -0.2) is 0 Å². The van der Waals surface area contributed by atoms with E-state index in [2.05, 4.69) is 63.5 Å². The van der Waals surface area contributed by atoms with Crippen molar-refractivity contribution in [3.63, 3.8) is 0 Å². The van der Waals surface area contributed by atoms with Crippen LogP contribution < -0.4 is 0 Å². The summed E-state index contributed by atoms with van der Waals surface area (Å²) in [5.41, 5.74) is 2.26. The van der Waals surface area contributed by atoms with Crippen molar-refractivity contribution in [1.29, 1.82) is 0 Å². The van der Waals surface area contributed by atoms with Crippen molar-refractivity contribution in [3.05, 3.63) is 27.4 Å². The summed E-state index contributed by atoms with van der Waals surface area (Å²) in [5, 5.41) is 0. The lowest BCUT2D eigenvalue weighted by molar-refractivity contribution is 0.359. The smallest absolute Gasteiger partial charge is 0.178 e. The number of fused-ring (bicyclic) bond motifs is 1. The Bertz CT molecular complexity index is 600. The lowest BCUT2D eigenvalue weighted by atomic mass is 10.2. The number of hydrogen-bond acceptors (Lipinski definition) is 2. The number of nitrogens with one attached hydrogen (secondary N) is 1. The minimum absolute atomic E-state index is 0.392. The first-order chi connectivity index (χ1) is 8.49. The van der Waals surface area contributed by atoms with Gasteiger partial charge in [-0.15, -0.1) is 0 Å². The SMILES string of the molecule is CC(CCN(C)C)n1c(=S)[nH]c2ccc(Br)cc21. The molecule has 0 amide bonds. The number of rotatable bonds is 4. The molecule has 2 aromatic rings. The van der Waals surface area contributed by atoms with Crippen LogP contribution in [0.4, 0.5) is 0 Å². The molecule has 0 spiro atoms. The molecule has 1 aromatic heterocycles. The monoisotopic (exact) mass is 327 g/mol. The molecule has 0 fully saturated rings. The van der Waals surface area contributed by atoms with Crippen molar-refractivity contribution >= 4 is 39.2 Å². The van der Waals surface area contributed by atoms with E-state index in [4.69, 9.17) is 12.2 Å². The van der Waals surface area contributed by atoms with Gasteiger partial charge in [-0.3, -0.25) is 0 Å². The first-order valence-electron chi connectivity index (χ1n) is 6.03. The predicted molar refractivity (Wildman–Crippen MR) is 82.7 cm³/mol. The topological polar surface area (TPSA) is 24.0 Å². The van der Waals surface area contributed by atoms with Crippen LogP contribution in [0, 0.1) is 4.77 Å². The van der Waals surface area contributed by atoms with Gasteiger partial charge in [-0.05, 0) is 64.4 Å². The minimum atomic E-state index is 0.392. The third-order valence-corrected chi connectivity index (χ3v) is 3.91. The maximum Gasteiger partial charge on any atom is 0.178 e. The third-order valence-electron chi connectivity index (χ3n) is 3.11. The standard InChI is InChI=1S/C13H18BrN3S/c1-9(6-7-16(2)3)17-12-8-10(14)4-5-11(12)15-13(17)18/h4-5,8-9H,6-7H2,1-3H3,(H,15,18). The zero-order chi connectivity index (χ0) is 13.3. The summed E-state index contributed by atoms with van der Waals surface area (Å²) in [6.07, 6.45) is 1.08. The molecule has 0 aliphatic heterocycles. The van der Waals surface area contributed by atoms with Gasteiger partial charge < -0.3 is 14.5 Å². The number of H-pyrrole nitrogens is 1.